The molecule has 25 heavy (non-hydrogen) atoms. The van der Waals surface area contributed by atoms with Crippen LogP contribution in [0, 0.1) is 16.7 Å². The Labute approximate surface area is 153 Å². The van der Waals surface area contributed by atoms with Gasteiger partial charge in [-0.3, -0.25) is 10.2 Å². The first kappa shape index (κ1) is 17.3. The molecule has 3 rings (SSSR count). The number of ether oxygens (including phenoxy) is 1. The van der Waals surface area contributed by atoms with Gasteiger partial charge in [0.05, 0.1) is 9.95 Å². The van der Waals surface area contributed by atoms with Gasteiger partial charge in [-0.25, -0.2) is 0 Å². The number of aryl methyl sites for hydroxylation is 1. The molecule has 0 aliphatic carbocycles. The number of carbonyl (C=O) groups excluding carboxylic acids is 1. The molecule has 0 spiro atoms. The van der Waals surface area contributed by atoms with E-state index in [-0.39, 0.29) is 17.4 Å². The number of thioether (sulfide) groups is 1. The van der Waals surface area contributed by atoms with Crippen LogP contribution in [0.25, 0.3) is 6.08 Å². The number of para-hydroxylation sites is 1. The van der Waals surface area contributed by atoms with Crippen molar-refractivity contribution in [2.45, 2.75) is 19.3 Å². The van der Waals surface area contributed by atoms with Crippen molar-refractivity contribution in [1.29, 1.82) is 10.7 Å². The number of nitrogens with zero attached hydrogens (tertiary/aromatic N) is 3. The first-order valence-electron chi connectivity index (χ1n) is 7.57. The molecule has 1 saturated heterocycles. The lowest BCUT2D eigenvalue weighted by Gasteiger charge is -2.06. The number of allylic oxidation sites excluding steroid dienone is 1. The quantitative estimate of drug-likeness (QED) is 0.810. The summed E-state index contributed by atoms with van der Waals surface area (Å²) in [5.74, 6) is -0.283. The van der Waals surface area contributed by atoms with Crippen molar-refractivity contribution < 1.29 is 9.53 Å². The number of hydrogen-bond donors (Lipinski definition) is 1. The number of hydrogen-bond acceptors (Lipinski definition) is 8. The zero-order chi connectivity index (χ0) is 17.8. The van der Waals surface area contributed by atoms with E-state index in [0.717, 1.165) is 23.2 Å². The molecule has 2 heterocycles. The fourth-order valence-electron chi connectivity index (χ4n) is 2.32. The molecule has 1 N–H and O–H groups in total. The molecule has 8 heteroatoms. The van der Waals surface area contributed by atoms with Crippen molar-refractivity contribution in [2.75, 3.05) is 6.61 Å². The predicted molar refractivity (Wildman–Crippen MR) is 97.9 cm³/mol. The Morgan fingerprint density at radius 2 is 2.20 bits per heavy atom. The van der Waals surface area contributed by atoms with E-state index in [2.05, 4.69) is 10.2 Å². The lowest BCUT2D eigenvalue weighted by Crippen LogP contribution is -2.11. The molecule has 6 nitrogen and oxygen atoms in total. The van der Waals surface area contributed by atoms with Crippen molar-refractivity contribution in [2.24, 2.45) is 0 Å². The van der Waals surface area contributed by atoms with E-state index in [9.17, 15) is 4.79 Å². The van der Waals surface area contributed by atoms with Gasteiger partial charge in [-0.1, -0.05) is 36.9 Å². The molecule has 1 fully saturated rings. The van der Waals surface area contributed by atoms with Crippen molar-refractivity contribution in [3.63, 3.8) is 0 Å². The second-order valence-electron chi connectivity index (χ2n) is 5.14. The van der Waals surface area contributed by atoms with Crippen LogP contribution >= 0.6 is 23.1 Å². The number of carbonyl (C=O) groups is 1. The van der Waals surface area contributed by atoms with Gasteiger partial charge in [0.25, 0.3) is 0 Å². The number of nitriles is 1. The summed E-state index contributed by atoms with van der Waals surface area (Å²) < 4.78 is 5.39. The summed E-state index contributed by atoms with van der Waals surface area (Å²) in [7, 11) is 0. The molecule has 0 unspecified atom stereocenters. The standard InChI is InChI=1S/C17H14N4O2S2/c1-2-13-20-21-17(25-13)14-15(22)12(24-16(14)19)9-10-5-3-4-6-11(10)23-8-7-18/h3-6,9,14,19H,2,8H2,1H3/b12-9-,19-16?/t14-/m0/s1. The van der Waals surface area contributed by atoms with Crippen LogP contribution in [-0.2, 0) is 11.2 Å². The molecular formula is C17H14N4O2S2. The van der Waals surface area contributed by atoms with Gasteiger partial charge in [0, 0.05) is 5.56 Å². The topological polar surface area (TPSA) is 99.7 Å². The van der Waals surface area contributed by atoms with Gasteiger partial charge in [-0.05, 0) is 18.6 Å². The first-order valence-corrected chi connectivity index (χ1v) is 9.20. The van der Waals surface area contributed by atoms with Gasteiger partial charge >= 0.3 is 0 Å². The van der Waals surface area contributed by atoms with E-state index in [1.165, 1.54) is 11.3 Å². The molecule has 1 aliphatic heterocycles. The highest BCUT2D eigenvalue weighted by molar-refractivity contribution is 8.19. The monoisotopic (exact) mass is 370 g/mol. The summed E-state index contributed by atoms with van der Waals surface area (Å²) in [6, 6.07) is 9.11. The third kappa shape index (κ3) is 3.62. The summed E-state index contributed by atoms with van der Waals surface area (Å²) >= 11 is 2.51. The predicted octanol–water partition coefficient (Wildman–Crippen LogP) is 3.42. The minimum Gasteiger partial charge on any atom is -0.478 e. The van der Waals surface area contributed by atoms with E-state index in [0.29, 0.717) is 21.2 Å². The minimum atomic E-state index is -0.666. The Bertz CT molecular complexity index is 898. The highest BCUT2D eigenvalue weighted by atomic mass is 32.2. The van der Waals surface area contributed by atoms with Crippen LogP contribution in [0.5, 0.6) is 5.75 Å². The summed E-state index contributed by atoms with van der Waals surface area (Å²) in [6.45, 7) is 1.91. The maximum absolute atomic E-state index is 12.8. The maximum Gasteiger partial charge on any atom is 0.186 e. The van der Waals surface area contributed by atoms with Crippen LogP contribution in [0.2, 0.25) is 0 Å². The molecule has 1 atom stereocenters. The van der Waals surface area contributed by atoms with Gasteiger partial charge in [0.1, 0.15) is 27.8 Å². The average Bonchev–Trinajstić information content (AvgIpc) is 3.18. The molecule has 0 bridgehead atoms. The largest absolute Gasteiger partial charge is 0.478 e. The van der Waals surface area contributed by atoms with Crippen molar-refractivity contribution in [1.82, 2.24) is 10.2 Å². The fourth-order valence-corrected chi connectivity index (χ4v) is 4.27. The molecule has 1 aromatic carbocycles. The van der Waals surface area contributed by atoms with Crippen LogP contribution in [0.4, 0.5) is 0 Å². The zero-order valence-electron chi connectivity index (χ0n) is 13.4. The number of benzene rings is 1. The normalized spacial score (nSPS) is 18.6. The Hall–Kier alpha value is -2.50. The van der Waals surface area contributed by atoms with Crippen molar-refractivity contribution >= 4 is 40.0 Å². The smallest absolute Gasteiger partial charge is 0.186 e. The summed E-state index contributed by atoms with van der Waals surface area (Å²) in [4.78, 5) is 13.2. The zero-order valence-corrected chi connectivity index (χ0v) is 15.0. The van der Waals surface area contributed by atoms with Gasteiger partial charge in [-0.15, -0.1) is 21.5 Å². The Morgan fingerprint density at radius 3 is 2.92 bits per heavy atom. The molecule has 0 radical (unpaired) electrons. The SMILES string of the molecule is CCc1nnc([C@@H]2C(=N)S/C(=C\c3ccccc3OCC#N)C2=O)s1. The van der Waals surface area contributed by atoms with Gasteiger partial charge in [0.2, 0.25) is 0 Å². The number of ketones is 1. The fraction of sp³-hybridized carbons (Fsp3) is 0.235. The number of Topliss-reactive ketones (excluding diaryl/α,β-unsaturated/α-hetero) is 1. The lowest BCUT2D eigenvalue weighted by atomic mass is 10.0. The van der Waals surface area contributed by atoms with Crippen molar-refractivity contribution in [3.8, 4) is 11.8 Å². The van der Waals surface area contributed by atoms with E-state index in [1.807, 2.05) is 25.1 Å². The third-order valence-electron chi connectivity index (χ3n) is 3.52. The molecule has 2 aromatic rings. The second-order valence-corrected chi connectivity index (χ2v) is 7.32. The molecule has 0 amide bonds. The maximum atomic E-state index is 12.8. The third-order valence-corrected chi connectivity index (χ3v) is 5.64. The summed E-state index contributed by atoms with van der Waals surface area (Å²) in [5.41, 5.74) is 0.702. The Balaban J connectivity index is 1.90. The minimum absolute atomic E-state index is 0.0652. The highest BCUT2D eigenvalue weighted by Gasteiger charge is 2.39. The van der Waals surface area contributed by atoms with E-state index in [4.69, 9.17) is 15.4 Å². The number of aromatic nitrogens is 2. The lowest BCUT2D eigenvalue weighted by molar-refractivity contribution is -0.114. The number of nitrogens with one attached hydrogen (secondary N) is 1. The highest BCUT2D eigenvalue weighted by Crippen LogP contribution is 2.42. The van der Waals surface area contributed by atoms with Gasteiger partial charge < -0.3 is 4.74 Å². The molecule has 0 saturated carbocycles. The van der Waals surface area contributed by atoms with Crippen LogP contribution in [-0.4, -0.2) is 27.6 Å². The van der Waals surface area contributed by atoms with E-state index in [1.54, 1.807) is 18.2 Å². The summed E-state index contributed by atoms with van der Waals surface area (Å²) in [5, 5.41) is 26.6. The Morgan fingerprint density at radius 1 is 1.40 bits per heavy atom. The molecule has 126 valence electrons. The Kier molecular flexibility index (Phi) is 5.26. The van der Waals surface area contributed by atoms with Crippen LogP contribution < -0.4 is 4.74 Å². The molecule has 1 aromatic heterocycles. The van der Waals surface area contributed by atoms with Crippen LogP contribution in [0.1, 0.15) is 28.4 Å². The van der Waals surface area contributed by atoms with Crippen LogP contribution in [0.15, 0.2) is 29.2 Å². The molecule has 1 aliphatic rings. The molecular weight excluding hydrogens is 356 g/mol. The van der Waals surface area contributed by atoms with Gasteiger partial charge in [-0.2, -0.15) is 5.26 Å². The van der Waals surface area contributed by atoms with E-state index >= 15 is 0 Å². The second kappa shape index (κ2) is 7.59. The van der Waals surface area contributed by atoms with Gasteiger partial charge in [0.15, 0.2) is 12.4 Å². The summed E-state index contributed by atoms with van der Waals surface area (Å²) in [6.07, 6.45) is 2.46. The number of rotatable bonds is 5. The first-order chi connectivity index (χ1) is 12.1. The van der Waals surface area contributed by atoms with Crippen LogP contribution in [0.3, 0.4) is 0 Å². The average molecular weight is 370 g/mol. The van der Waals surface area contributed by atoms with Crippen molar-refractivity contribution in [3.05, 3.63) is 44.7 Å². The van der Waals surface area contributed by atoms with E-state index < -0.39 is 5.92 Å².